The van der Waals surface area contributed by atoms with Crippen molar-refractivity contribution < 1.29 is 30.7 Å². The van der Waals surface area contributed by atoms with Crippen LogP contribution in [0.5, 0.6) is 5.75 Å². The maximum atomic E-state index is 13.4. The molecule has 1 N–H and O–H groups in total. The smallest absolute Gasteiger partial charge is 0.417 e. The molecular weight excluding hydrogens is 483 g/mol. The fourth-order valence-corrected chi connectivity index (χ4v) is 4.64. The van der Waals surface area contributed by atoms with E-state index in [9.17, 15) is 26.4 Å². The number of halogens is 3. The van der Waals surface area contributed by atoms with Gasteiger partial charge in [-0.15, -0.1) is 0 Å². The lowest BCUT2D eigenvalue weighted by Crippen LogP contribution is -2.23. The van der Waals surface area contributed by atoms with Gasteiger partial charge in [-0.25, -0.2) is 17.9 Å². The van der Waals surface area contributed by atoms with Crippen LogP contribution in [0.25, 0.3) is 11.0 Å². The summed E-state index contributed by atoms with van der Waals surface area (Å²) in [6.45, 7) is 0.0794. The van der Waals surface area contributed by atoms with Gasteiger partial charge in [0.1, 0.15) is 11.3 Å². The molecule has 0 saturated heterocycles. The van der Waals surface area contributed by atoms with Crippen molar-refractivity contribution >= 4 is 21.0 Å². The van der Waals surface area contributed by atoms with Crippen LogP contribution in [0, 0.1) is 0 Å². The highest BCUT2D eigenvalue weighted by Gasteiger charge is 2.33. The first kappa shape index (κ1) is 24.5. The maximum absolute atomic E-state index is 13.4. The molecule has 0 radical (unpaired) electrons. The van der Waals surface area contributed by atoms with E-state index in [4.69, 9.17) is 9.15 Å². The minimum Gasteiger partial charge on any atom is -0.497 e. The van der Waals surface area contributed by atoms with E-state index in [1.807, 2.05) is 0 Å². The Hall–Kier alpha value is -3.63. The van der Waals surface area contributed by atoms with Crippen LogP contribution in [-0.4, -0.2) is 15.5 Å². The predicted molar refractivity (Wildman–Crippen MR) is 124 cm³/mol. The number of fused-ring (bicyclic) bond motifs is 1. The Morgan fingerprint density at radius 3 is 2.31 bits per heavy atom. The topological polar surface area (TPSA) is 85.6 Å². The summed E-state index contributed by atoms with van der Waals surface area (Å²) in [5.41, 5.74) is -0.318. The Morgan fingerprint density at radius 2 is 1.63 bits per heavy atom. The molecule has 0 fully saturated rings. The summed E-state index contributed by atoms with van der Waals surface area (Å²) in [5, 5.41) is -0.212. The Balaban J connectivity index is 1.52. The summed E-state index contributed by atoms with van der Waals surface area (Å²) in [7, 11) is -2.26. The Morgan fingerprint density at radius 1 is 0.914 bits per heavy atom. The van der Waals surface area contributed by atoms with E-state index in [1.165, 1.54) is 31.4 Å². The molecule has 10 heteroatoms. The molecule has 0 saturated carbocycles. The van der Waals surface area contributed by atoms with Gasteiger partial charge in [-0.2, -0.15) is 13.2 Å². The first-order valence-electron chi connectivity index (χ1n) is 10.4. The first-order chi connectivity index (χ1) is 16.5. The number of hydrogen-bond donors (Lipinski definition) is 1. The van der Waals surface area contributed by atoms with Crippen molar-refractivity contribution in [2.75, 3.05) is 7.11 Å². The largest absolute Gasteiger partial charge is 0.497 e. The van der Waals surface area contributed by atoms with E-state index in [1.54, 1.807) is 42.5 Å². The van der Waals surface area contributed by atoms with Gasteiger partial charge in [0.15, 0.2) is 0 Å². The fourth-order valence-electron chi connectivity index (χ4n) is 3.62. The van der Waals surface area contributed by atoms with Gasteiger partial charge in [-0.3, -0.25) is 0 Å². The minimum absolute atomic E-state index is 0.0591. The highest BCUT2D eigenvalue weighted by Crippen LogP contribution is 2.34. The van der Waals surface area contributed by atoms with Gasteiger partial charge in [0.05, 0.1) is 17.6 Å². The maximum Gasteiger partial charge on any atom is 0.417 e. The average molecular weight is 503 g/mol. The fraction of sp³-hybridized carbons (Fsp3) is 0.160. The molecule has 3 aromatic carbocycles. The molecule has 0 aliphatic carbocycles. The Labute approximate surface area is 199 Å². The molecule has 0 aliphatic rings. The lowest BCUT2D eigenvalue weighted by Gasteiger charge is -2.11. The van der Waals surface area contributed by atoms with Crippen molar-refractivity contribution in [2.24, 2.45) is 0 Å². The number of nitrogens with one attached hydrogen (secondary N) is 1. The van der Waals surface area contributed by atoms with Crippen LogP contribution in [-0.2, 0) is 29.2 Å². The minimum atomic E-state index is -4.71. The highest BCUT2D eigenvalue weighted by molar-refractivity contribution is 7.89. The van der Waals surface area contributed by atoms with E-state index < -0.39 is 27.4 Å². The Kier molecular flexibility index (Phi) is 6.68. The molecule has 0 amide bonds. The van der Waals surface area contributed by atoms with Crippen LogP contribution >= 0.6 is 0 Å². The molecule has 4 rings (SSSR count). The number of hydrogen-bond acceptors (Lipinski definition) is 5. The van der Waals surface area contributed by atoms with Gasteiger partial charge >= 0.3 is 11.8 Å². The number of ether oxygens (including phenoxy) is 1. The molecule has 0 unspecified atom stereocenters. The van der Waals surface area contributed by atoms with Crippen molar-refractivity contribution in [3.63, 3.8) is 0 Å². The number of alkyl halides is 3. The van der Waals surface area contributed by atoms with Gasteiger partial charge in [-0.1, -0.05) is 30.3 Å². The third-order valence-electron chi connectivity index (χ3n) is 5.35. The number of rotatable bonds is 7. The summed E-state index contributed by atoms with van der Waals surface area (Å²) in [4.78, 5) is 11.5. The zero-order valence-electron chi connectivity index (χ0n) is 18.4. The van der Waals surface area contributed by atoms with Crippen LogP contribution in [0.3, 0.4) is 0 Å². The lowest BCUT2D eigenvalue weighted by atomic mass is 10.0. The molecule has 35 heavy (non-hydrogen) atoms. The van der Waals surface area contributed by atoms with Crippen LogP contribution in [0.1, 0.15) is 22.3 Å². The summed E-state index contributed by atoms with van der Waals surface area (Å²) >= 11 is 0. The van der Waals surface area contributed by atoms with Crippen LogP contribution in [0.2, 0.25) is 0 Å². The quantitative estimate of drug-likeness (QED) is 0.363. The second-order valence-corrected chi connectivity index (χ2v) is 9.57. The zero-order chi connectivity index (χ0) is 25.2. The molecule has 4 aromatic rings. The number of sulfonamides is 1. The second-order valence-electron chi connectivity index (χ2n) is 7.80. The zero-order valence-corrected chi connectivity index (χ0v) is 19.2. The summed E-state index contributed by atoms with van der Waals surface area (Å²) in [6.07, 6.45) is -4.45. The van der Waals surface area contributed by atoms with Crippen LogP contribution in [0.4, 0.5) is 13.2 Å². The van der Waals surface area contributed by atoms with Crippen LogP contribution in [0.15, 0.2) is 86.9 Å². The monoisotopic (exact) mass is 503 g/mol. The summed E-state index contributed by atoms with van der Waals surface area (Å²) in [5.74, 6) is 0.615. The van der Waals surface area contributed by atoms with Crippen molar-refractivity contribution in [3.8, 4) is 5.75 Å². The molecule has 0 aliphatic heterocycles. The number of methoxy groups -OCH3 is 1. The van der Waals surface area contributed by atoms with Crippen molar-refractivity contribution in [2.45, 2.75) is 24.0 Å². The number of benzene rings is 3. The van der Waals surface area contributed by atoms with Crippen molar-refractivity contribution in [3.05, 3.63) is 105 Å². The normalized spacial score (nSPS) is 12.1. The first-order valence-corrected chi connectivity index (χ1v) is 11.9. The molecule has 6 nitrogen and oxygen atoms in total. The SMILES string of the molecule is COc1cccc(CNS(=O)(=O)c2ccc(Cc3ccc4oc(=O)cc(C(F)(F)F)c4c3)cc2)c1. The summed E-state index contributed by atoms with van der Waals surface area (Å²) in [6, 6.07) is 17.7. The molecule has 1 aromatic heterocycles. The van der Waals surface area contributed by atoms with Gasteiger partial charge in [0.25, 0.3) is 0 Å². The van der Waals surface area contributed by atoms with E-state index >= 15 is 0 Å². The van der Waals surface area contributed by atoms with Crippen LogP contribution < -0.4 is 15.1 Å². The Bertz CT molecular complexity index is 1530. The molecule has 1 heterocycles. The van der Waals surface area contributed by atoms with E-state index in [0.29, 0.717) is 22.9 Å². The van der Waals surface area contributed by atoms with Crippen molar-refractivity contribution in [1.29, 1.82) is 0 Å². The molecule has 0 atom stereocenters. The van der Waals surface area contributed by atoms with Gasteiger partial charge in [0, 0.05) is 18.0 Å². The summed E-state index contributed by atoms with van der Waals surface area (Å²) < 4.78 is 78.0. The lowest BCUT2D eigenvalue weighted by molar-refractivity contribution is -0.136. The predicted octanol–water partition coefficient (Wildman–Crippen LogP) is 4.89. The standard InChI is InChI=1S/C25H20F3NO5S/c1-33-19-4-2-3-18(12-19)15-29-35(31,32)20-8-5-16(6-9-20)11-17-7-10-23-21(13-17)22(25(26,27)28)14-24(30)34-23/h2-10,12-14,29H,11,15H2,1H3. The highest BCUT2D eigenvalue weighted by atomic mass is 32.2. The molecule has 0 spiro atoms. The van der Waals surface area contributed by atoms with Gasteiger partial charge in [-0.05, 0) is 59.5 Å². The van der Waals surface area contributed by atoms with Gasteiger partial charge < -0.3 is 9.15 Å². The second kappa shape index (κ2) is 9.55. The molecular formula is C25H20F3NO5S. The third-order valence-corrected chi connectivity index (χ3v) is 6.77. The van der Waals surface area contributed by atoms with Gasteiger partial charge in [0.2, 0.25) is 10.0 Å². The molecule has 182 valence electrons. The van der Waals surface area contributed by atoms with E-state index in [2.05, 4.69) is 4.72 Å². The molecule has 0 bridgehead atoms. The average Bonchev–Trinajstić information content (AvgIpc) is 2.82. The van der Waals surface area contributed by atoms with Crippen molar-refractivity contribution in [1.82, 2.24) is 4.72 Å². The van der Waals surface area contributed by atoms with E-state index in [-0.39, 0.29) is 28.8 Å². The van der Waals surface area contributed by atoms with E-state index in [0.717, 1.165) is 5.56 Å². The third kappa shape index (κ3) is 5.72.